The number of sulfonamides is 1. The number of benzene rings is 2. The lowest BCUT2D eigenvalue weighted by atomic mass is 10.0. The van der Waals surface area contributed by atoms with Gasteiger partial charge in [-0.25, -0.2) is 8.42 Å². The molecule has 0 bridgehead atoms. The molecule has 0 radical (unpaired) electrons. The van der Waals surface area contributed by atoms with Crippen LogP contribution in [0.2, 0.25) is 0 Å². The summed E-state index contributed by atoms with van der Waals surface area (Å²) in [6, 6.07) is 12.9. The maximum atomic E-state index is 13.0. The zero-order valence-electron chi connectivity index (χ0n) is 16.0. The van der Waals surface area contributed by atoms with Crippen LogP contribution in [0, 0.1) is 0 Å². The van der Waals surface area contributed by atoms with Gasteiger partial charge in [0, 0.05) is 28.8 Å². The van der Waals surface area contributed by atoms with Crippen LogP contribution in [0.4, 0.5) is 5.69 Å². The van der Waals surface area contributed by atoms with Crippen LogP contribution in [0.3, 0.4) is 0 Å². The van der Waals surface area contributed by atoms with E-state index in [9.17, 15) is 13.2 Å². The Morgan fingerprint density at radius 3 is 2.54 bits per heavy atom. The second-order valence-electron chi connectivity index (χ2n) is 7.51. The Labute approximate surface area is 174 Å². The number of hydrogen-bond donors (Lipinski definition) is 1. The minimum Gasteiger partial charge on any atom is -0.369 e. The number of nitrogens with one attached hydrogen (secondary N) is 1. The summed E-state index contributed by atoms with van der Waals surface area (Å²) in [5.74, 6) is -0.205. The van der Waals surface area contributed by atoms with Crippen LogP contribution < -0.4 is 4.72 Å². The highest BCUT2D eigenvalue weighted by Crippen LogP contribution is 2.24. The fraction of sp³-hybridized carbons (Fsp3) is 0.350. The molecule has 1 fully saturated rings. The summed E-state index contributed by atoms with van der Waals surface area (Å²) in [6.07, 6.45) is -0.0845. The third-order valence-corrected chi connectivity index (χ3v) is 6.25. The number of hydrogen-bond acceptors (Lipinski definition) is 4. The average Bonchev–Trinajstić information content (AvgIpc) is 2.61. The van der Waals surface area contributed by atoms with Gasteiger partial charge >= 0.3 is 0 Å². The molecule has 0 aromatic heterocycles. The van der Waals surface area contributed by atoms with E-state index in [1.54, 1.807) is 41.3 Å². The molecule has 1 N–H and O–H groups in total. The van der Waals surface area contributed by atoms with Crippen molar-refractivity contribution in [1.82, 2.24) is 4.90 Å². The molecule has 1 atom stereocenters. The molecule has 3 rings (SSSR count). The SMILES string of the molecule is CC1CN(C(=O)c2cccc(S(=O)(=O)Nc3ccc(Br)cc3)c2)CC(C)(C)O1. The van der Waals surface area contributed by atoms with Gasteiger partial charge in [0.1, 0.15) is 0 Å². The van der Waals surface area contributed by atoms with Crippen LogP contribution >= 0.6 is 15.9 Å². The number of ether oxygens (including phenoxy) is 1. The summed E-state index contributed by atoms with van der Waals surface area (Å²) < 4.78 is 34.7. The Morgan fingerprint density at radius 2 is 1.89 bits per heavy atom. The highest BCUT2D eigenvalue weighted by molar-refractivity contribution is 9.10. The molecule has 1 unspecified atom stereocenters. The van der Waals surface area contributed by atoms with Crippen molar-refractivity contribution in [2.45, 2.75) is 37.4 Å². The van der Waals surface area contributed by atoms with Crippen molar-refractivity contribution < 1.29 is 17.9 Å². The zero-order valence-corrected chi connectivity index (χ0v) is 18.4. The standard InChI is InChI=1S/C20H23BrN2O4S/c1-14-12-23(13-20(2,3)27-14)19(24)15-5-4-6-18(11-15)28(25,26)22-17-9-7-16(21)8-10-17/h4-11,14,22H,12-13H2,1-3H3. The Bertz CT molecular complexity index is 974. The van der Waals surface area contributed by atoms with Gasteiger partial charge in [0.25, 0.3) is 15.9 Å². The molecule has 1 heterocycles. The average molecular weight is 467 g/mol. The Kier molecular flexibility index (Phi) is 5.84. The Balaban J connectivity index is 1.83. The van der Waals surface area contributed by atoms with Gasteiger partial charge in [0.2, 0.25) is 0 Å². The van der Waals surface area contributed by atoms with Crippen molar-refractivity contribution in [2.75, 3.05) is 17.8 Å². The molecule has 1 saturated heterocycles. The molecule has 0 spiro atoms. The lowest BCUT2D eigenvalue weighted by Crippen LogP contribution is -2.53. The molecule has 0 saturated carbocycles. The number of carbonyl (C=O) groups is 1. The number of rotatable bonds is 4. The van der Waals surface area contributed by atoms with Gasteiger partial charge in [0.05, 0.1) is 16.6 Å². The van der Waals surface area contributed by atoms with Gasteiger partial charge in [-0.15, -0.1) is 0 Å². The predicted molar refractivity (Wildman–Crippen MR) is 112 cm³/mol. The van der Waals surface area contributed by atoms with Crippen LogP contribution in [-0.4, -0.2) is 44.0 Å². The molecule has 1 aliphatic heterocycles. The van der Waals surface area contributed by atoms with Gasteiger partial charge in [-0.2, -0.15) is 0 Å². The number of nitrogens with zero attached hydrogens (tertiary/aromatic N) is 1. The van der Waals surface area contributed by atoms with Crippen LogP contribution in [0.15, 0.2) is 57.9 Å². The van der Waals surface area contributed by atoms with Crippen LogP contribution in [0.25, 0.3) is 0 Å². The largest absolute Gasteiger partial charge is 0.369 e. The molecule has 8 heteroatoms. The molecular weight excluding hydrogens is 444 g/mol. The van der Waals surface area contributed by atoms with Crippen molar-refractivity contribution in [2.24, 2.45) is 0 Å². The molecule has 0 aliphatic carbocycles. The fourth-order valence-electron chi connectivity index (χ4n) is 3.32. The third-order valence-electron chi connectivity index (χ3n) is 4.34. The topological polar surface area (TPSA) is 75.7 Å². The second kappa shape index (κ2) is 7.85. The normalized spacial score (nSPS) is 19.3. The van der Waals surface area contributed by atoms with Crippen molar-refractivity contribution in [3.63, 3.8) is 0 Å². The van der Waals surface area contributed by atoms with Crippen molar-refractivity contribution in [3.05, 3.63) is 58.6 Å². The molecule has 1 amide bonds. The molecule has 1 aliphatic rings. The van der Waals surface area contributed by atoms with Gasteiger partial charge in [0.15, 0.2) is 0 Å². The highest BCUT2D eigenvalue weighted by atomic mass is 79.9. The molecule has 2 aromatic rings. The minimum absolute atomic E-state index is 0.0434. The number of carbonyl (C=O) groups excluding carboxylic acids is 1. The van der Waals surface area contributed by atoms with Gasteiger partial charge in [-0.1, -0.05) is 22.0 Å². The zero-order chi connectivity index (χ0) is 20.5. The van der Waals surface area contributed by atoms with E-state index in [2.05, 4.69) is 20.7 Å². The lowest BCUT2D eigenvalue weighted by Gasteiger charge is -2.41. The summed E-state index contributed by atoms with van der Waals surface area (Å²) in [7, 11) is -3.81. The van der Waals surface area contributed by atoms with E-state index >= 15 is 0 Å². The van der Waals surface area contributed by atoms with Crippen LogP contribution in [-0.2, 0) is 14.8 Å². The van der Waals surface area contributed by atoms with E-state index in [1.165, 1.54) is 12.1 Å². The Morgan fingerprint density at radius 1 is 1.21 bits per heavy atom. The molecule has 6 nitrogen and oxygen atoms in total. The minimum atomic E-state index is -3.81. The van der Waals surface area contributed by atoms with Crippen molar-refractivity contribution in [3.8, 4) is 0 Å². The highest BCUT2D eigenvalue weighted by Gasteiger charge is 2.34. The maximum Gasteiger partial charge on any atom is 0.261 e. The van der Waals surface area contributed by atoms with Crippen molar-refractivity contribution in [1.29, 1.82) is 0 Å². The summed E-state index contributed by atoms with van der Waals surface area (Å²) in [6.45, 7) is 6.71. The number of halogens is 1. The quantitative estimate of drug-likeness (QED) is 0.741. The van der Waals surface area contributed by atoms with Gasteiger partial charge in [-0.05, 0) is 63.2 Å². The van der Waals surface area contributed by atoms with E-state index < -0.39 is 15.6 Å². The van der Waals surface area contributed by atoms with Crippen molar-refractivity contribution >= 4 is 37.5 Å². The van der Waals surface area contributed by atoms with Crippen LogP contribution in [0.1, 0.15) is 31.1 Å². The fourth-order valence-corrected chi connectivity index (χ4v) is 4.69. The van der Waals surface area contributed by atoms with E-state index in [0.717, 1.165) is 4.47 Å². The van der Waals surface area contributed by atoms with E-state index in [0.29, 0.717) is 24.3 Å². The van der Waals surface area contributed by atoms with E-state index in [4.69, 9.17) is 4.74 Å². The Hall–Kier alpha value is -1.90. The third kappa shape index (κ3) is 4.92. The number of morpholine rings is 1. The molecule has 28 heavy (non-hydrogen) atoms. The van der Waals surface area contributed by atoms with Gasteiger partial charge in [-0.3, -0.25) is 9.52 Å². The first-order chi connectivity index (χ1) is 13.1. The monoisotopic (exact) mass is 466 g/mol. The number of anilines is 1. The first-order valence-electron chi connectivity index (χ1n) is 8.91. The van der Waals surface area contributed by atoms with E-state index in [-0.39, 0.29) is 16.9 Å². The summed E-state index contributed by atoms with van der Waals surface area (Å²) in [5.41, 5.74) is 0.340. The lowest BCUT2D eigenvalue weighted by molar-refractivity contribution is -0.118. The summed E-state index contributed by atoms with van der Waals surface area (Å²) >= 11 is 3.32. The van der Waals surface area contributed by atoms with Crippen LogP contribution in [0.5, 0.6) is 0 Å². The smallest absolute Gasteiger partial charge is 0.261 e. The second-order valence-corrected chi connectivity index (χ2v) is 10.1. The molecule has 2 aromatic carbocycles. The molecule has 150 valence electrons. The first-order valence-corrected chi connectivity index (χ1v) is 11.2. The molecular formula is C20H23BrN2O4S. The van der Waals surface area contributed by atoms with Gasteiger partial charge < -0.3 is 9.64 Å². The summed E-state index contributed by atoms with van der Waals surface area (Å²) in [4.78, 5) is 14.7. The summed E-state index contributed by atoms with van der Waals surface area (Å²) in [5, 5.41) is 0. The maximum absolute atomic E-state index is 13.0. The first kappa shape index (κ1) is 20.8. The number of amides is 1. The predicted octanol–water partition coefficient (Wildman–Crippen LogP) is 3.89. The van der Waals surface area contributed by atoms with E-state index in [1.807, 2.05) is 20.8 Å².